The van der Waals surface area contributed by atoms with Gasteiger partial charge in [0, 0.05) is 11.1 Å². The first kappa shape index (κ1) is 20.5. The molecule has 1 aliphatic heterocycles. The number of amides is 1. The summed E-state index contributed by atoms with van der Waals surface area (Å²) in [5.41, 5.74) is 0.587. The number of ether oxygens (including phenoxy) is 2. The maximum absolute atomic E-state index is 13.8. The number of carbonyl (C=O) groups excluding carboxylic acids is 2. The second-order valence-electron chi connectivity index (χ2n) is 6.90. The molecule has 31 heavy (non-hydrogen) atoms. The quantitative estimate of drug-likeness (QED) is 0.475. The van der Waals surface area contributed by atoms with Gasteiger partial charge in [0.05, 0.1) is 5.69 Å². The van der Waals surface area contributed by atoms with Gasteiger partial charge in [0.2, 0.25) is 0 Å². The van der Waals surface area contributed by atoms with Gasteiger partial charge in [-0.05, 0) is 31.2 Å². The molecule has 0 saturated heterocycles. The van der Waals surface area contributed by atoms with E-state index in [4.69, 9.17) is 9.47 Å². The van der Waals surface area contributed by atoms with Crippen molar-refractivity contribution in [2.45, 2.75) is 18.9 Å². The summed E-state index contributed by atoms with van der Waals surface area (Å²) in [5.74, 6) is -6.10. The lowest BCUT2D eigenvalue weighted by Gasteiger charge is -2.27. The maximum atomic E-state index is 13.8. The number of fused-ring (bicyclic) bond motifs is 2. The van der Waals surface area contributed by atoms with Crippen molar-refractivity contribution in [1.82, 2.24) is 0 Å². The van der Waals surface area contributed by atoms with Crippen molar-refractivity contribution in [1.29, 1.82) is 0 Å². The highest BCUT2D eigenvalue weighted by Gasteiger charge is 2.35. The van der Waals surface area contributed by atoms with Crippen LogP contribution < -0.4 is 10.1 Å². The van der Waals surface area contributed by atoms with Gasteiger partial charge in [-0.25, -0.2) is 13.2 Å². The number of benzene rings is 3. The van der Waals surface area contributed by atoms with Crippen molar-refractivity contribution < 1.29 is 32.2 Å². The third kappa shape index (κ3) is 3.84. The number of nitrogens with one attached hydrogen (secondary N) is 1. The van der Waals surface area contributed by atoms with Crippen molar-refractivity contribution >= 4 is 17.6 Å². The molecule has 0 fully saturated rings. The summed E-state index contributed by atoms with van der Waals surface area (Å²) in [6.45, 7) is 1.29. The van der Waals surface area contributed by atoms with Gasteiger partial charge in [-0.15, -0.1) is 0 Å². The monoisotopic (exact) mass is 427 g/mol. The van der Waals surface area contributed by atoms with Crippen LogP contribution in [0, 0.1) is 17.5 Å². The van der Waals surface area contributed by atoms with Crippen LogP contribution in [0.5, 0.6) is 11.5 Å². The highest BCUT2D eigenvalue weighted by Crippen LogP contribution is 2.44. The van der Waals surface area contributed by atoms with Crippen molar-refractivity contribution in [3.8, 4) is 11.5 Å². The van der Waals surface area contributed by atoms with Crippen LogP contribution in [-0.2, 0) is 14.3 Å². The molecule has 0 bridgehead atoms. The summed E-state index contributed by atoms with van der Waals surface area (Å²) in [4.78, 5) is 25.4. The molecular formula is C23H16F3NO4. The first-order valence-corrected chi connectivity index (χ1v) is 9.37. The lowest BCUT2D eigenvalue weighted by molar-refractivity contribution is -0.153. The summed E-state index contributed by atoms with van der Waals surface area (Å²) >= 11 is 0. The second kappa shape index (κ2) is 8.14. The summed E-state index contributed by atoms with van der Waals surface area (Å²) in [6.07, 6.45) is -1.33. The fraction of sp³-hybridized carbons (Fsp3) is 0.130. The normalized spacial score (nSPS) is 13.4. The molecule has 8 heteroatoms. The van der Waals surface area contributed by atoms with E-state index in [2.05, 4.69) is 5.32 Å². The number of anilines is 1. The van der Waals surface area contributed by atoms with E-state index in [-0.39, 0.29) is 0 Å². The average Bonchev–Trinajstić information content (AvgIpc) is 2.77. The summed E-state index contributed by atoms with van der Waals surface area (Å²) in [5, 5.41) is 2.10. The zero-order valence-corrected chi connectivity index (χ0v) is 16.2. The van der Waals surface area contributed by atoms with Gasteiger partial charge in [0.1, 0.15) is 17.4 Å². The predicted octanol–water partition coefficient (Wildman–Crippen LogP) is 4.91. The van der Waals surface area contributed by atoms with Crippen molar-refractivity contribution in [3.05, 3.63) is 89.2 Å². The number of rotatable bonds is 4. The van der Waals surface area contributed by atoms with Crippen LogP contribution in [0.3, 0.4) is 0 Å². The largest absolute Gasteiger partial charge is 0.457 e. The number of carbonyl (C=O) groups is 2. The Bertz CT molecular complexity index is 1140. The smallest absolute Gasteiger partial charge is 0.318 e. The molecule has 1 N–H and O–H groups in total. The fourth-order valence-electron chi connectivity index (χ4n) is 3.32. The molecule has 0 radical (unpaired) electrons. The van der Waals surface area contributed by atoms with Gasteiger partial charge in [0.25, 0.3) is 5.91 Å². The molecule has 0 aliphatic carbocycles. The third-order valence-corrected chi connectivity index (χ3v) is 4.87. The van der Waals surface area contributed by atoms with Gasteiger partial charge >= 0.3 is 5.97 Å². The molecule has 4 rings (SSSR count). The molecule has 1 atom stereocenters. The highest BCUT2D eigenvalue weighted by atomic mass is 19.2. The lowest BCUT2D eigenvalue weighted by atomic mass is 9.88. The third-order valence-electron chi connectivity index (χ3n) is 4.87. The molecule has 158 valence electrons. The Morgan fingerprint density at radius 1 is 0.903 bits per heavy atom. The molecule has 0 saturated carbocycles. The Hall–Kier alpha value is -3.81. The van der Waals surface area contributed by atoms with Crippen molar-refractivity contribution in [3.63, 3.8) is 0 Å². The summed E-state index contributed by atoms with van der Waals surface area (Å²) < 4.78 is 51.4. The predicted molar refractivity (Wildman–Crippen MR) is 105 cm³/mol. The van der Waals surface area contributed by atoms with E-state index in [9.17, 15) is 22.8 Å². The Labute approximate surface area is 175 Å². The lowest BCUT2D eigenvalue weighted by Crippen LogP contribution is -2.33. The molecule has 5 nitrogen and oxygen atoms in total. The van der Waals surface area contributed by atoms with Gasteiger partial charge < -0.3 is 14.8 Å². The van der Waals surface area contributed by atoms with Crippen LogP contribution in [0.15, 0.2) is 60.7 Å². The molecule has 1 heterocycles. The maximum Gasteiger partial charge on any atom is 0.318 e. The molecule has 1 aliphatic rings. The minimum atomic E-state index is -1.71. The number of halogens is 3. The van der Waals surface area contributed by atoms with Crippen molar-refractivity contribution in [2.24, 2.45) is 0 Å². The van der Waals surface area contributed by atoms with Gasteiger partial charge in [0.15, 0.2) is 23.6 Å². The zero-order chi connectivity index (χ0) is 22.1. The number of esters is 1. The van der Waals surface area contributed by atoms with Crippen LogP contribution >= 0.6 is 0 Å². The first-order chi connectivity index (χ1) is 14.9. The van der Waals surface area contributed by atoms with Gasteiger partial charge in [-0.2, -0.15) is 0 Å². The van der Waals surface area contributed by atoms with Crippen LogP contribution in [0.4, 0.5) is 18.9 Å². The molecule has 3 aromatic rings. The molecule has 3 aromatic carbocycles. The minimum absolute atomic E-state index is 0.490. The molecule has 1 amide bonds. The summed E-state index contributed by atoms with van der Waals surface area (Å²) in [7, 11) is 0. The molecule has 1 unspecified atom stereocenters. The molecule has 0 spiro atoms. The molecule has 0 aromatic heterocycles. The molecular weight excluding hydrogens is 411 g/mol. The van der Waals surface area contributed by atoms with E-state index in [1.165, 1.54) is 6.92 Å². The Morgan fingerprint density at radius 2 is 1.48 bits per heavy atom. The van der Waals surface area contributed by atoms with Crippen molar-refractivity contribution in [2.75, 3.05) is 5.32 Å². The number of hydrogen-bond acceptors (Lipinski definition) is 4. The zero-order valence-electron chi connectivity index (χ0n) is 16.2. The minimum Gasteiger partial charge on any atom is -0.457 e. The second-order valence-corrected chi connectivity index (χ2v) is 6.90. The Kier molecular flexibility index (Phi) is 5.37. The Balaban J connectivity index is 1.55. The number of para-hydroxylation sites is 2. The fourth-order valence-corrected chi connectivity index (χ4v) is 3.32. The van der Waals surface area contributed by atoms with E-state index in [0.717, 1.165) is 6.07 Å². The van der Waals surface area contributed by atoms with E-state index in [0.29, 0.717) is 28.7 Å². The number of hydrogen-bond donors (Lipinski definition) is 1. The highest BCUT2D eigenvalue weighted by molar-refractivity contribution is 5.96. The van der Waals surface area contributed by atoms with E-state index in [1.54, 1.807) is 48.5 Å². The SMILES string of the molecule is CC(OC(=O)C1c2ccccc2Oc2ccccc21)C(=O)Nc1ccc(F)c(F)c1F. The first-order valence-electron chi connectivity index (χ1n) is 9.37. The van der Waals surface area contributed by atoms with E-state index < -0.39 is 47.0 Å². The van der Waals surface area contributed by atoms with Crippen LogP contribution in [-0.4, -0.2) is 18.0 Å². The van der Waals surface area contributed by atoms with E-state index in [1.807, 2.05) is 0 Å². The van der Waals surface area contributed by atoms with Crippen LogP contribution in [0.2, 0.25) is 0 Å². The van der Waals surface area contributed by atoms with Crippen LogP contribution in [0.25, 0.3) is 0 Å². The summed E-state index contributed by atoms with van der Waals surface area (Å²) in [6, 6.07) is 15.5. The standard InChI is InChI=1S/C23H16F3NO4/c1-12(22(28)27-16-11-10-15(24)20(25)21(16)26)30-23(29)19-13-6-2-4-8-17(13)31-18-9-5-3-7-14(18)19/h2-12,19H,1H3,(H,27,28). The van der Waals surface area contributed by atoms with E-state index >= 15 is 0 Å². The Morgan fingerprint density at radius 3 is 2.10 bits per heavy atom. The van der Waals surface area contributed by atoms with Crippen LogP contribution in [0.1, 0.15) is 24.0 Å². The van der Waals surface area contributed by atoms with Gasteiger partial charge in [-0.1, -0.05) is 36.4 Å². The average molecular weight is 427 g/mol. The van der Waals surface area contributed by atoms with Gasteiger partial charge in [-0.3, -0.25) is 9.59 Å². The topological polar surface area (TPSA) is 64.6 Å².